The Labute approximate surface area is 129 Å². The minimum absolute atomic E-state index is 0.106. The van der Waals surface area contributed by atoms with Crippen molar-refractivity contribution < 1.29 is 9.72 Å². The summed E-state index contributed by atoms with van der Waals surface area (Å²) in [5.41, 5.74) is 6.36. The number of primary amides is 1. The van der Waals surface area contributed by atoms with E-state index in [0.29, 0.717) is 12.2 Å². The number of benzene rings is 2. The second-order valence-corrected chi connectivity index (χ2v) is 5.25. The van der Waals surface area contributed by atoms with E-state index >= 15 is 0 Å². The van der Waals surface area contributed by atoms with Crippen molar-refractivity contribution in [2.75, 3.05) is 5.32 Å². The Morgan fingerprint density at radius 1 is 1.29 bits per heavy atom. The Morgan fingerprint density at radius 3 is 2.67 bits per heavy atom. The van der Waals surface area contributed by atoms with Crippen molar-refractivity contribution in [3.63, 3.8) is 0 Å². The monoisotopic (exact) mass is 349 g/mol. The summed E-state index contributed by atoms with van der Waals surface area (Å²) in [5.74, 6) is -0.698. The second kappa shape index (κ2) is 6.36. The van der Waals surface area contributed by atoms with E-state index in [1.54, 1.807) is 0 Å². The molecule has 0 aromatic heterocycles. The SMILES string of the molecule is NC(=O)c1ccc(NCc2cccc(Br)c2)c([N+](=O)[O-])c1. The molecule has 0 fully saturated rings. The van der Waals surface area contributed by atoms with Crippen molar-refractivity contribution >= 4 is 33.2 Å². The summed E-state index contributed by atoms with van der Waals surface area (Å²) in [6.45, 7) is 0.427. The van der Waals surface area contributed by atoms with Crippen molar-refractivity contribution in [1.29, 1.82) is 0 Å². The highest BCUT2D eigenvalue weighted by Crippen LogP contribution is 2.26. The standard InChI is InChI=1S/C14H12BrN3O3/c15-11-3-1-2-9(6-11)8-17-12-5-4-10(14(16)19)7-13(12)18(20)21/h1-7,17H,8H2,(H2,16,19). The molecule has 0 saturated carbocycles. The fraction of sp³-hybridized carbons (Fsp3) is 0.0714. The van der Waals surface area contributed by atoms with Crippen LogP contribution in [0.25, 0.3) is 0 Å². The highest BCUT2D eigenvalue weighted by Gasteiger charge is 2.16. The zero-order chi connectivity index (χ0) is 15.4. The van der Waals surface area contributed by atoms with Gasteiger partial charge in [-0.25, -0.2) is 0 Å². The number of carbonyl (C=O) groups is 1. The summed E-state index contributed by atoms with van der Waals surface area (Å²) in [7, 11) is 0. The average molecular weight is 350 g/mol. The zero-order valence-corrected chi connectivity index (χ0v) is 12.5. The smallest absolute Gasteiger partial charge is 0.293 e. The number of nitrogens with one attached hydrogen (secondary N) is 1. The maximum atomic E-state index is 11.1. The van der Waals surface area contributed by atoms with Gasteiger partial charge in [0, 0.05) is 22.6 Å². The molecule has 2 aromatic rings. The number of carbonyl (C=O) groups excluding carboxylic acids is 1. The minimum atomic E-state index is -0.698. The molecular weight excluding hydrogens is 338 g/mol. The highest BCUT2D eigenvalue weighted by molar-refractivity contribution is 9.10. The van der Waals surface area contributed by atoms with Gasteiger partial charge in [0.25, 0.3) is 5.69 Å². The molecular formula is C14H12BrN3O3. The van der Waals surface area contributed by atoms with E-state index in [4.69, 9.17) is 5.73 Å². The fourth-order valence-electron chi connectivity index (χ4n) is 1.83. The van der Waals surface area contributed by atoms with E-state index < -0.39 is 10.8 Å². The largest absolute Gasteiger partial charge is 0.375 e. The van der Waals surface area contributed by atoms with Crippen LogP contribution in [0.15, 0.2) is 46.9 Å². The van der Waals surface area contributed by atoms with Gasteiger partial charge in [0.2, 0.25) is 5.91 Å². The molecule has 0 spiro atoms. The molecule has 0 atom stereocenters. The number of hydrogen-bond acceptors (Lipinski definition) is 4. The molecule has 108 valence electrons. The van der Waals surface area contributed by atoms with E-state index in [0.717, 1.165) is 10.0 Å². The summed E-state index contributed by atoms with van der Waals surface area (Å²) >= 11 is 3.36. The highest BCUT2D eigenvalue weighted by atomic mass is 79.9. The number of nitro groups is 1. The van der Waals surface area contributed by atoms with E-state index in [1.165, 1.54) is 18.2 Å². The quantitative estimate of drug-likeness (QED) is 0.640. The van der Waals surface area contributed by atoms with Crippen LogP contribution in [0, 0.1) is 10.1 Å². The lowest BCUT2D eigenvalue weighted by Gasteiger charge is -2.08. The summed E-state index contributed by atoms with van der Waals surface area (Å²) in [6.07, 6.45) is 0. The number of halogens is 1. The van der Waals surface area contributed by atoms with Gasteiger partial charge in [-0.1, -0.05) is 28.1 Å². The zero-order valence-electron chi connectivity index (χ0n) is 10.9. The number of nitrogens with zero attached hydrogens (tertiary/aromatic N) is 1. The molecule has 2 aromatic carbocycles. The van der Waals surface area contributed by atoms with Gasteiger partial charge < -0.3 is 11.1 Å². The lowest BCUT2D eigenvalue weighted by molar-refractivity contribution is -0.384. The lowest BCUT2D eigenvalue weighted by Crippen LogP contribution is -2.12. The van der Waals surface area contributed by atoms with Crippen LogP contribution >= 0.6 is 15.9 Å². The molecule has 2 rings (SSSR count). The van der Waals surface area contributed by atoms with Gasteiger partial charge in [-0.3, -0.25) is 14.9 Å². The van der Waals surface area contributed by atoms with Crippen molar-refractivity contribution in [2.45, 2.75) is 6.54 Å². The molecule has 6 nitrogen and oxygen atoms in total. The summed E-state index contributed by atoms with van der Waals surface area (Å²) in [4.78, 5) is 21.6. The molecule has 0 aliphatic rings. The molecule has 0 radical (unpaired) electrons. The van der Waals surface area contributed by atoms with Crippen LogP contribution in [-0.2, 0) is 6.54 Å². The van der Waals surface area contributed by atoms with Crippen LogP contribution in [0.1, 0.15) is 15.9 Å². The van der Waals surface area contributed by atoms with E-state index in [-0.39, 0.29) is 11.3 Å². The van der Waals surface area contributed by atoms with Crippen LogP contribution in [0.4, 0.5) is 11.4 Å². The van der Waals surface area contributed by atoms with Gasteiger partial charge in [0.1, 0.15) is 5.69 Å². The molecule has 0 aliphatic heterocycles. The summed E-state index contributed by atoms with van der Waals surface area (Å²) in [6, 6.07) is 11.7. The van der Waals surface area contributed by atoms with E-state index in [1.807, 2.05) is 24.3 Å². The van der Waals surface area contributed by atoms with Crippen molar-refractivity contribution in [2.24, 2.45) is 5.73 Å². The number of nitrogens with two attached hydrogens (primary N) is 1. The van der Waals surface area contributed by atoms with Crippen LogP contribution in [0.2, 0.25) is 0 Å². The lowest BCUT2D eigenvalue weighted by atomic mass is 10.1. The van der Waals surface area contributed by atoms with Gasteiger partial charge in [0.05, 0.1) is 4.92 Å². The molecule has 3 N–H and O–H groups in total. The minimum Gasteiger partial charge on any atom is -0.375 e. The van der Waals surface area contributed by atoms with Crippen LogP contribution in [0.5, 0.6) is 0 Å². The average Bonchev–Trinajstić information content (AvgIpc) is 2.44. The maximum absolute atomic E-state index is 11.1. The van der Waals surface area contributed by atoms with Gasteiger partial charge >= 0.3 is 0 Å². The number of anilines is 1. The first-order chi connectivity index (χ1) is 9.97. The molecule has 0 bridgehead atoms. The Morgan fingerprint density at radius 2 is 2.05 bits per heavy atom. The first-order valence-electron chi connectivity index (χ1n) is 6.04. The topological polar surface area (TPSA) is 98.3 Å². The predicted octanol–water partition coefficient (Wildman–Crippen LogP) is 3.07. The third-order valence-electron chi connectivity index (χ3n) is 2.85. The number of amides is 1. The Kier molecular flexibility index (Phi) is 4.54. The first kappa shape index (κ1) is 15.0. The van der Waals surface area contributed by atoms with Crippen LogP contribution in [-0.4, -0.2) is 10.8 Å². The molecule has 0 aliphatic carbocycles. The molecule has 1 amide bonds. The number of rotatable bonds is 5. The third kappa shape index (κ3) is 3.79. The molecule has 0 unspecified atom stereocenters. The first-order valence-corrected chi connectivity index (χ1v) is 6.83. The molecule has 21 heavy (non-hydrogen) atoms. The van der Waals surface area contributed by atoms with Gasteiger partial charge in [-0.05, 0) is 29.8 Å². The van der Waals surface area contributed by atoms with Gasteiger partial charge in [0.15, 0.2) is 0 Å². The van der Waals surface area contributed by atoms with Crippen LogP contribution in [0.3, 0.4) is 0 Å². The summed E-state index contributed by atoms with van der Waals surface area (Å²) in [5, 5.41) is 14.1. The normalized spacial score (nSPS) is 10.1. The number of nitro benzene ring substituents is 1. The van der Waals surface area contributed by atoms with Gasteiger partial charge in [-0.15, -0.1) is 0 Å². The predicted molar refractivity (Wildman–Crippen MR) is 83.1 cm³/mol. The maximum Gasteiger partial charge on any atom is 0.293 e. The van der Waals surface area contributed by atoms with E-state index in [9.17, 15) is 14.9 Å². The Balaban J connectivity index is 2.23. The van der Waals surface area contributed by atoms with Gasteiger partial charge in [-0.2, -0.15) is 0 Å². The fourth-order valence-corrected chi connectivity index (χ4v) is 2.28. The Hall–Kier alpha value is -2.41. The molecule has 7 heteroatoms. The second-order valence-electron chi connectivity index (χ2n) is 4.34. The third-order valence-corrected chi connectivity index (χ3v) is 3.34. The van der Waals surface area contributed by atoms with Crippen molar-refractivity contribution in [3.8, 4) is 0 Å². The van der Waals surface area contributed by atoms with E-state index in [2.05, 4.69) is 21.2 Å². The number of hydrogen-bond donors (Lipinski definition) is 2. The van der Waals surface area contributed by atoms with Crippen LogP contribution < -0.4 is 11.1 Å². The summed E-state index contributed by atoms with van der Waals surface area (Å²) < 4.78 is 0.931. The van der Waals surface area contributed by atoms with Crippen molar-refractivity contribution in [1.82, 2.24) is 0 Å². The molecule has 0 saturated heterocycles. The van der Waals surface area contributed by atoms with Crippen molar-refractivity contribution in [3.05, 3.63) is 68.2 Å². The molecule has 0 heterocycles. The Bertz CT molecular complexity index is 704.